The molecular formula is C24H30F2N6O5S. The molecule has 2 fully saturated rings. The van der Waals surface area contributed by atoms with E-state index in [4.69, 9.17) is 9.84 Å². The second-order valence-electron chi connectivity index (χ2n) is 9.67. The number of benzene rings is 1. The highest BCUT2D eigenvalue weighted by atomic mass is 32.2. The van der Waals surface area contributed by atoms with Gasteiger partial charge in [0.25, 0.3) is 0 Å². The van der Waals surface area contributed by atoms with Crippen molar-refractivity contribution in [1.82, 2.24) is 25.0 Å². The molecule has 2 aliphatic carbocycles. The van der Waals surface area contributed by atoms with Crippen LogP contribution in [0.15, 0.2) is 23.4 Å². The molecule has 5 N–H and O–H groups in total. The maximum atomic E-state index is 13.7. The van der Waals surface area contributed by atoms with Crippen LogP contribution in [0, 0.1) is 11.6 Å². The Hall–Kier alpha value is -2.49. The van der Waals surface area contributed by atoms with Gasteiger partial charge in [0.15, 0.2) is 33.8 Å². The lowest BCUT2D eigenvalue weighted by molar-refractivity contribution is -0.0827. The van der Waals surface area contributed by atoms with Crippen LogP contribution in [0.25, 0.3) is 11.2 Å². The van der Waals surface area contributed by atoms with Gasteiger partial charge in [0, 0.05) is 24.1 Å². The van der Waals surface area contributed by atoms with Crippen LogP contribution in [-0.2, 0) is 4.74 Å². The van der Waals surface area contributed by atoms with E-state index in [9.17, 15) is 24.1 Å². The number of ether oxygens (including phenoxy) is 1. The predicted molar refractivity (Wildman–Crippen MR) is 134 cm³/mol. The Bertz CT molecular complexity index is 1280. The summed E-state index contributed by atoms with van der Waals surface area (Å²) in [5.74, 6) is -0.564. The van der Waals surface area contributed by atoms with Crippen molar-refractivity contribution in [1.29, 1.82) is 0 Å². The molecule has 7 atom stereocenters. The Kier molecular flexibility index (Phi) is 8.07. The molecule has 0 saturated heterocycles. The standard InChI is InChI=1S/C24H30F2N6O5S/c1-2-5-38-24-28-22(27-16-7-13(16)11-3-4-14(25)15(26)6-11)19-23(29-24)32(31-30-19)17-8-18(21(36)20(17)35)37-10-12(34)9-33/h3-4,6,12-13,16-18,20-21,33-36H,2,5,7-10H2,1H3,(H,27,28,29)/t12?,13-,16+,17+,18-,20?,21+/m0/s1. The van der Waals surface area contributed by atoms with Gasteiger partial charge in [-0.15, -0.1) is 5.10 Å². The number of hydrogen-bond donors (Lipinski definition) is 5. The molecule has 0 radical (unpaired) electrons. The number of halogens is 2. The van der Waals surface area contributed by atoms with E-state index in [0.29, 0.717) is 34.1 Å². The summed E-state index contributed by atoms with van der Waals surface area (Å²) in [6, 6.07) is 3.14. The van der Waals surface area contributed by atoms with E-state index in [-0.39, 0.29) is 25.0 Å². The molecule has 0 amide bonds. The Morgan fingerprint density at radius 1 is 1.18 bits per heavy atom. The monoisotopic (exact) mass is 552 g/mol. The number of nitrogens with zero attached hydrogens (tertiary/aromatic N) is 5. The molecule has 2 unspecified atom stereocenters. The maximum Gasteiger partial charge on any atom is 0.191 e. The van der Waals surface area contributed by atoms with E-state index in [1.165, 1.54) is 22.5 Å². The Labute approximate surface area is 221 Å². The number of aliphatic hydroxyl groups excluding tert-OH is 4. The van der Waals surface area contributed by atoms with Crippen LogP contribution >= 0.6 is 11.8 Å². The smallest absolute Gasteiger partial charge is 0.191 e. The number of hydrogen-bond acceptors (Lipinski definition) is 11. The largest absolute Gasteiger partial charge is 0.394 e. The van der Waals surface area contributed by atoms with Crippen molar-refractivity contribution in [3.05, 3.63) is 35.4 Å². The fourth-order valence-electron chi connectivity index (χ4n) is 4.70. The van der Waals surface area contributed by atoms with E-state index < -0.39 is 48.7 Å². The van der Waals surface area contributed by atoms with Gasteiger partial charge in [0.05, 0.1) is 25.4 Å². The highest BCUT2D eigenvalue weighted by Crippen LogP contribution is 2.44. The van der Waals surface area contributed by atoms with Crippen molar-refractivity contribution in [3.63, 3.8) is 0 Å². The first-order chi connectivity index (χ1) is 18.3. The molecule has 1 aromatic carbocycles. The molecule has 3 aromatic rings. The lowest BCUT2D eigenvalue weighted by atomic mass is 10.1. The summed E-state index contributed by atoms with van der Waals surface area (Å²) < 4.78 is 34.1. The molecule has 5 rings (SSSR count). The summed E-state index contributed by atoms with van der Waals surface area (Å²) in [7, 11) is 0. The van der Waals surface area contributed by atoms with Gasteiger partial charge in [0.1, 0.15) is 18.3 Å². The van der Waals surface area contributed by atoms with Crippen molar-refractivity contribution in [2.24, 2.45) is 0 Å². The van der Waals surface area contributed by atoms with Crippen LogP contribution in [0.2, 0.25) is 0 Å². The summed E-state index contributed by atoms with van der Waals surface area (Å²) in [5, 5.41) is 52.2. The summed E-state index contributed by atoms with van der Waals surface area (Å²) in [6.07, 6.45) is -2.55. The second-order valence-corrected chi connectivity index (χ2v) is 10.7. The molecule has 2 aromatic heterocycles. The highest BCUT2D eigenvalue weighted by molar-refractivity contribution is 7.99. The van der Waals surface area contributed by atoms with Gasteiger partial charge in [0.2, 0.25) is 0 Å². The van der Waals surface area contributed by atoms with Gasteiger partial charge in [-0.05, 0) is 30.5 Å². The van der Waals surface area contributed by atoms with E-state index in [0.717, 1.165) is 18.2 Å². The first-order valence-electron chi connectivity index (χ1n) is 12.5. The fraction of sp³-hybridized carbons (Fsp3) is 0.583. The van der Waals surface area contributed by atoms with Crippen molar-refractivity contribution in [3.8, 4) is 0 Å². The van der Waals surface area contributed by atoms with E-state index in [2.05, 4.69) is 25.6 Å². The highest BCUT2D eigenvalue weighted by Gasteiger charge is 2.45. The third-order valence-electron chi connectivity index (χ3n) is 6.85. The van der Waals surface area contributed by atoms with Crippen molar-refractivity contribution >= 4 is 28.7 Å². The minimum atomic E-state index is -1.23. The number of fused-ring (bicyclic) bond motifs is 1. The van der Waals surface area contributed by atoms with Crippen LogP contribution < -0.4 is 5.32 Å². The molecule has 206 valence electrons. The molecule has 2 aliphatic rings. The summed E-state index contributed by atoms with van der Waals surface area (Å²) >= 11 is 1.46. The van der Waals surface area contributed by atoms with E-state index >= 15 is 0 Å². The van der Waals surface area contributed by atoms with Crippen LogP contribution in [0.5, 0.6) is 0 Å². The first kappa shape index (κ1) is 27.1. The molecule has 0 spiro atoms. The van der Waals surface area contributed by atoms with Gasteiger partial charge >= 0.3 is 0 Å². The minimum Gasteiger partial charge on any atom is -0.394 e. The number of anilines is 1. The summed E-state index contributed by atoms with van der Waals surface area (Å²) in [5.41, 5.74) is 1.44. The topological polar surface area (TPSA) is 159 Å². The summed E-state index contributed by atoms with van der Waals surface area (Å²) in [6.45, 7) is 1.37. The lowest BCUT2D eigenvalue weighted by Crippen LogP contribution is -2.34. The molecule has 0 aliphatic heterocycles. The van der Waals surface area contributed by atoms with Gasteiger partial charge < -0.3 is 30.5 Å². The molecule has 38 heavy (non-hydrogen) atoms. The van der Waals surface area contributed by atoms with E-state index in [1.807, 2.05) is 6.92 Å². The lowest BCUT2D eigenvalue weighted by Gasteiger charge is -2.18. The van der Waals surface area contributed by atoms with E-state index in [1.54, 1.807) is 6.07 Å². The first-order valence-corrected chi connectivity index (χ1v) is 13.5. The normalized spacial score (nSPS) is 27.7. The number of nitrogens with one attached hydrogen (secondary N) is 1. The molecule has 2 saturated carbocycles. The SMILES string of the molecule is CCCSc1nc(N[C@@H]2C[C@H]2c2ccc(F)c(F)c2)c2nnn([C@@H]3C[C@H](OCC(O)CO)[C@@H](O)C3O)c2n1. The van der Waals surface area contributed by atoms with Crippen LogP contribution in [0.4, 0.5) is 14.6 Å². The zero-order chi connectivity index (χ0) is 27.0. The Morgan fingerprint density at radius 2 is 2.00 bits per heavy atom. The van der Waals surface area contributed by atoms with Crippen LogP contribution in [0.1, 0.15) is 43.7 Å². The minimum absolute atomic E-state index is 0.0177. The molecule has 14 heteroatoms. The fourth-order valence-corrected chi connectivity index (χ4v) is 5.39. The number of aliphatic hydroxyl groups is 4. The third-order valence-corrected chi connectivity index (χ3v) is 7.90. The van der Waals surface area contributed by atoms with Crippen LogP contribution in [0.3, 0.4) is 0 Å². The Balaban J connectivity index is 1.40. The molecule has 0 bridgehead atoms. The van der Waals surface area contributed by atoms with Gasteiger partial charge in [-0.25, -0.2) is 23.4 Å². The summed E-state index contributed by atoms with van der Waals surface area (Å²) in [4.78, 5) is 9.26. The maximum absolute atomic E-state index is 13.7. The predicted octanol–water partition coefficient (Wildman–Crippen LogP) is 1.37. The molecular weight excluding hydrogens is 522 g/mol. The number of rotatable bonds is 11. The van der Waals surface area contributed by atoms with Gasteiger partial charge in [-0.1, -0.05) is 30.0 Å². The number of aromatic nitrogens is 5. The third kappa shape index (κ3) is 5.46. The zero-order valence-electron chi connectivity index (χ0n) is 20.6. The van der Waals surface area contributed by atoms with Crippen molar-refractivity contribution in [2.75, 3.05) is 24.3 Å². The van der Waals surface area contributed by atoms with Gasteiger partial charge in [-0.2, -0.15) is 0 Å². The van der Waals surface area contributed by atoms with Crippen molar-refractivity contribution in [2.45, 2.75) is 73.8 Å². The average molecular weight is 553 g/mol. The molecule has 11 nitrogen and oxygen atoms in total. The van der Waals surface area contributed by atoms with Gasteiger partial charge in [-0.3, -0.25) is 0 Å². The van der Waals surface area contributed by atoms with Crippen LogP contribution in [-0.4, -0.2) is 94.8 Å². The number of thioether (sulfide) groups is 1. The second kappa shape index (κ2) is 11.3. The van der Waals surface area contributed by atoms with Crippen molar-refractivity contribution < 1.29 is 33.9 Å². The molecule has 2 heterocycles. The average Bonchev–Trinajstić information content (AvgIpc) is 3.46. The Morgan fingerprint density at radius 3 is 2.74 bits per heavy atom. The zero-order valence-corrected chi connectivity index (χ0v) is 21.4. The quantitative estimate of drug-likeness (QED) is 0.173.